The van der Waals surface area contributed by atoms with Gasteiger partial charge in [0.15, 0.2) is 0 Å². The van der Waals surface area contributed by atoms with Crippen molar-refractivity contribution in [3.8, 4) is 5.75 Å². The van der Waals surface area contributed by atoms with E-state index in [2.05, 4.69) is 5.32 Å². The fourth-order valence-corrected chi connectivity index (χ4v) is 3.73. The Balaban J connectivity index is 2.43. The molecule has 0 aromatic heterocycles. The van der Waals surface area contributed by atoms with Crippen LogP contribution in [0.4, 0.5) is 5.69 Å². The second-order valence-electron chi connectivity index (χ2n) is 8.19. The van der Waals surface area contributed by atoms with Crippen molar-refractivity contribution in [2.75, 3.05) is 52.9 Å². The zero-order chi connectivity index (χ0) is 23.8. The summed E-state index contributed by atoms with van der Waals surface area (Å²) < 4.78 is 16.5. The number of nitrogens with zero attached hydrogens (tertiary/aromatic N) is 2. The van der Waals surface area contributed by atoms with Crippen LogP contribution in [0, 0.1) is 5.92 Å². The molecule has 0 saturated carbocycles. The quantitative estimate of drug-likeness (QED) is 0.739. The summed E-state index contributed by atoms with van der Waals surface area (Å²) in [5, 5.41) is 2.71. The number of amides is 3. The Kier molecular flexibility index (Phi) is 9.46. The van der Waals surface area contributed by atoms with Crippen molar-refractivity contribution in [2.45, 2.75) is 39.3 Å². The van der Waals surface area contributed by atoms with E-state index in [1.165, 1.54) is 7.11 Å². The first kappa shape index (κ1) is 25.6. The highest BCUT2D eigenvalue weighted by Crippen LogP contribution is 2.26. The van der Waals surface area contributed by atoms with E-state index in [0.29, 0.717) is 36.5 Å². The van der Waals surface area contributed by atoms with Crippen molar-refractivity contribution in [3.05, 3.63) is 23.8 Å². The number of hydrogen-bond donors (Lipinski definition) is 1. The van der Waals surface area contributed by atoms with Crippen LogP contribution in [0.2, 0.25) is 0 Å². The molecular weight excluding hydrogens is 414 g/mol. The first-order valence-electron chi connectivity index (χ1n) is 10.8. The molecule has 178 valence electrons. The van der Waals surface area contributed by atoms with Crippen LogP contribution in [-0.2, 0) is 19.1 Å². The highest BCUT2D eigenvalue weighted by molar-refractivity contribution is 5.99. The van der Waals surface area contributed by atoms with Gasteiger partial charge in [0.2, 0.25) is 11.8 Å². The molecule has 0 unspecified atom stereocenters. The van der Waals surface area contributed by atoms with Crippen molar-refractivity contribution in [2.24, 2.45) is 5.92 Å². The standard InChI is InChI=1S/C23H35N3O6/c1-7-22(28)26-11-15(2)20(31-6)12-25(4)23(29)18-10-17(24-21(27)14-30-5)8-9-19(18)32-13-16(26)3/h8-10,15-16,20H,7,11-14H2,1-6H3,(H,24,27)/t15-,16+,20+/m1/s1. The third-order valence-electron chi connectivity index (χ3n) is 5.63. The van der Waals surface area contributed by atoms with E-state index in [0.717, 1.165) is 0 Å². The van der Waals surface area contributed by atoms with Gasteiger partial charge >= 0.3 is 0 Å². The van der Waals surface area contributed by atoms with Crippen LogP contribution in [0.3, 0.4) is 0 Å². The van der Waals surface area contributed by atoms with Crippen LogP contribution in [0.15, 0.2) is 18.2 Å². The van der Waals surface area contributed by atoms with Gasteiger partial charge in [0.05, 0.1) is 17.7 Å². The zero-order valence-corrected chi connectivity index (χ0v) is 19.8. The molecule has 1 aliphatic rings. The number of hydrogen-bond acceptors (Lipinski definition) is 6. The average molecular weight is 450 g/mol. The lowest BCUT2D eigenvalue weighted by Crippen LogP contribution is -2.48. The first-order chi connectivity index (χ1) is 15.2. The smallest absolute Gasteiger partial charge is 0.257 e. The van der Waals surface area contributed by atoms with E-state index >= 15 is 0 Å². The van der Waals surface area contributed by atoms with Gasteiger partial charge in [0.25, 0.3) is 5.91 Å². The molecule has 32 heavy (non-hydrogen) atoms. The Morgan fingerprint density at radius 3 is 2.56 bits per heavy atom. The van der Waals surface area contributed by atoms with Gasteiger partial charge in [-0.3, -0.25) is 14.4 Å². The Morgan fingerprint density at radius 2 is 1.94 bits per heavy atom. The molecule has 9 nitrogen and oxygen atoms in total. The largest absolute Gasteiger partial charge is 0.491 e. The number of rotatable bonds is 5. The lowest BCUT2D eigenvalue weighted by atomic mass is 10.0. The first-order valence-corrected chi connectivity index (χ1v) is 10.8. The number of carbonyl (C=O) groups excluding carboxylic acids is 3. The molecule has 0 saturated heterocycles. The van der Waals surface area contributed by atoms with Crippen molar-refractivity contribution >= 4 is 23.4 Å². The van der Waals surface area contributed by atoms with E-state index in [-0.39, 0.29) is 49.0 Å². The summed E-state index contributed by atoms with van der Waals surface area (Å²) in [5.74, 6) is -0.123. The van der Waals surface area contributed by atoms with Crippen LogP contribution in [0.1, 0.15) is 37.6 Å². The summed E-state index contributed by atoms with van der Waals surface area (Å²) in [6, 6.07) is 4.73. The minimum atomic E-state index is -0.321. The minimum absolute atomic E-state index is 0.00626. The fraction of sp³-hybridized carbons (Fsp3) is 0.609. The molecule has 3 atom stereocenters. The van der Waals surface area contributed by atoms with Gasteiger partial charge < -0.3 is 29.3 Å². The van der Waals surface area contributed by atoms with Gasteiger partial charge in [-0.15, -0.1) is 0 Å². The number of anilines is 1. The molecule has 1 heterocycles. The second kappa shape index (κ2) is 11.8. The van der Waals surface area contributed by atoms with E-state index in [9.17, 15) is 14.4 Å². The highest BCUT2D eigenvalue weighted by atomic mass is 16.5. The number of ether oxygens (including phenoxy) is 3. The molecule has 0 spiro atoms. The lowest BCUT2D eigenvalue weighted by Gasteiger charge is -2.36. The Morgan fingerprint density at radius 1 is 1.22 bits per heavy atom. The monoisotopic (exact) mass is 449 g/mol. The molecule has 3 amide bonds. The average Bonchev–Trinajstić information content (AvgIpc) is 2.77. The maximum Gasteiger partial charge on any atom is 0.257 e. The summed E-state index contributed by atoms with van der Waals surface area (Å²) in [7, 11) is 4.75. The number of benzene rings is 1. The molecule has 0 radical (unpaired) electrons. The molecule has 1 aliphatic heterocycles. The van der Waals surface area contributed by atoms with E-state index < -0.39 is 0 Å². The number of carbonyl (C=O) groups is 3. The Bertz CT molecular complexity index is 815. The van der Waals surface area contributed by atoms with Crippen molar-refractivity contribution in [1.82, 2.24) is 9.80 Å². The number of methoxy groups -OCH3 is 2. The predicted molar refractivity (Wildman–Crippen MR) is 121 cm³/mol. The molecule has 1 aromatic carbocycles. The van der Waals surface area contributed by atoms with E-state index in [4.69, 9.17) is 14.2 Å². The van der Waals surface area contributed by atoms with Crippen LogP contribution < -0.4 is 10.1 Å². The van der Waals surface area contributed by atoms with Gasteiger partial charge in [0.1, 0.15) is 19.0 Å². The van der Waals surface area contributed by atoms with Crippen molar-refractivity contribution < 1.29 is 28.6 Å². The summed E-state index contributed by atoms with van der Waals surface area (Å²) >= 11 is 0. The maximum absolute atomic E-state index is 13.3. The third kappa shape index (κ3) is 6.43. The second-order valence-corrected chi connectivity index (χ2v) is 8.19. The predicted octanol–water partition coefficient (Wildman–Crippen LogP) is 2.01. The van der Waals surface area contributed by atoms with Crippen LogP contribution >= 0.6 is 0 Å². The fourth-order valence-electron chi connectivity index (χ4n) is 3.73. The summed E-state index contributed by atoms with van der Waals surface area (Å²) in [6.07, 6.45) is 0.144. The van der Waals surface area contributed by atoms with Crippen molar-refractivity contribution in [3.63, 3.8) is 0 Å². The van der Waals surface area contributed by atoms with Gasteiger partial charge in [-0.05, 0) is 25.1 Å². The molecule has 1 aromatic rings. The summed E-state index contributed by atoms with van der Waals surface area (Å²) in [4.78, 5) is 41.2. The lowest BCUT2D eigenvalue weighted by molar-refractivity contribution is -0.135. The van der Waals surface area contributed by atoms with E-state index in [1.54, 1.807) is 37.3 Å². The topological polar surface area (TPSA) is 97.4 Å². The Hall–Kier alpha value is -2.65. The van der Waals surface area contributed by atoms with Gasteiger partial charge in [0, 0.05) is 52.4 Å². The van der Waals surface area contributed by atoms with Gasteiger partial charge in [-0.1, -0.05) is 13.8 Å². The van der Waals surface area contributed by atoms with Gasteiger partial charge in [-0.2, -0.15) is 0 Å². The van der Waals surface area contributed by atoms with Crippen molar-refractivity contribution in [1.29, 1.82) is 0 Å². The number of likely N-dealkylation sites (N-methyl/N-ethyl adjacent to an activating group) is 1. The molecule has 0 aliphatic carbocycles. The molecular formula is C23H35N3O6. The number of fused-ring (bicyclic) bond motifs is 1. The third-order valence-corrected chi connectivity index (χ3v) is 5.63. The molecule has 1 N–H and O–H groups in total. The Labute approximate surface area is 190 Å². The molecule has 2 rings (SSSR count). The normalized spacial score (nSPS) is 22.3. The summed E-state index contributed by atoms with van der Waals surface area (Å²) in [6.45, 7) is 6.78. The zero-order valence-electron chi connectivity index (χ0n) is 19.8. The molecule has 0 fully saturated rings. The van der Waals surface area contributed by atoms with Crippen LogP contribution in [-0.4, -0.2) is 87.2 Å². The molecule has 0 bridgehead atoms. The number of nitrogens with one attached hydrogen (secondary N) is 1. The van der Waals surface area contributed by atoms with Crippen LogP contribution in [0.25, 0.3) is 0 Å². The molecule has 9 heteroatoms. The SMILES string of the molecule is CCC(=O)N1C[C@@H](C)[C@@H](OC)CN(C)C(=O)c2cc(NC(=O)COC)ccc2OC[C@@H]1C. The van der Waals surface area contributed by atoms with E-state index in [1.807, 2.05) is 25.7 Å². The maximum atomic E-state index is 13.3. The van der Waals surface area contributed by atoms with Gasteiger partial charge in [-0.25, -0.2) is 0 Å². The highest BCUT2D eigenvalue weighted by Gasteiger charge is 2.30. The van der Waals surface area contributed by atoms with Crippen LogP contribution in [0.5, 0.6) is 5.75 Å². The minimum Gasteiger partial charge on any atom is -0.491 e. The summed E-state index contributed by atoms with van der Waals surface area (Å²) in [5.41, 5.74) is 0.794.